The molecular weight excluding hydrogens is 212 g/mol. The lowest BCUT2D eigenvalue weighted by atomic mass is 10.0. The average molecular weight is 232 g/mol. The molecule has 0 aliphatic carbocycles. The van der Waals surface area contributed by atoms with Gasteiger partial charge < -0.3 is 4.90 Å². The number of benzene rings is 1. The standard InChI is InChI=1S/C14H20N2O/c1-11(2)13(14(17)16(3)4)15-10-12-8-6-5-7-9-12/h5-11,13H,1-4H3/t13-/m0/s1. The van der Waals surface area contributed by atoms with Crippen LogP contribution < -0.4 is 0 Å². The number of hydrogen-bond donors (Lipinski definition) is 0. The first kappa shape index (κ1) is 13.4. The molecule has 92 valence electrons. The third-order valence-electron chi connectivity index (χ3n) is 2.51. The van der Waals surface area contributed by atoms with Crippen molar-refractivity contribution in [2.24, 2.45) is 10.9 Å². The van der Waals surface area contributed by atoms with Gasteiger partial charge in [0.2, 0.25) is 5.91 Å². The zero-order valence-electron chi connectivity index (χ0n) is 10.9. The van der Waals surface area contributed by atoms with E-state index < -0.39 is 0 Å². The molecule has 0 N–H and O–H groups in total. The van der Waals surface area contributed by atoms with E-state index in [1.54, 1.807) is 25.2 Å². The highest BCUT2D eigenvalue weighted by atomic mass is 16.2. The fourth-order valence-corrected chi connectivity index (χ4v) is 1.49. The molecule has 1 aromatic carbocycles. The van der Waals surface area contributed by atoms with Crippen LogP contribution in [0.4, 0.5) is 0 Å². The van der Waals surface area contributed by atoms with Gasteiger partial charge in [0.05, 0.1) is 0 Å². The van der Waals surface area contributed by atoms with Crippen LogP contribution in [0.15, 0.2) is 35.3 Å². The number of aliphatic imine (C=N–C) groups is 1. The summed E-state index contributed by atoms with van der Waals surface area (Å²) in [5.74, 6) is 0.247. The molecule has 3 nitrogen and oxygen atoms in total. The molecule has 1 amide bonds. The molecule has 3 heteroatoms. The maximum atomic E-state index is 11.9. The maximum absolute atomic E-state index is 11.9. The summed E-state index contributed by atoms with van der Waals surface area (Å²) < 4.78 is 0. The smallest absolute Gasteiger partial charge is 0.247 e. The van der Waals surface area contributed by atoms with Crippen LogP contribution in [0.1, 0.15) is 19.4 Å². The van der Waals surface area contributed by atoms with Crippen LogP contribution in [0, 0.1) is 5.92 Å². The molecule has 0 unspecified atom stereocenters. The Morgan fingerprint density at radius 2 is 1.82 bits per heavy atom. The molecule has 17 heavy (non-hydrogen) atoms. The van der Waals surface area contributed by atoms with Crippen LogP contribution in [-0.4, -0.2) is 37.2 Å². The SMILES string of the molecule is CC(C)[C@H](N=Cc1ccccc1)C(=O)N(C)C. The van der Waals surface area contributed by atoms with E-state index >= 15 is 0 Å². The minimum atomic E-state index is -0.301. The number of rotatable bonds is 4. The highest BCUT2D eigenvalue weighted by molar-refractivity contribution is 5.86. The average Bonchev–Trinajstić information content (AvgIpc) is 2.29. The fraction of sp³-hybridized carbons (Fsp3) is 0.429. The third kappa shape index (κ3) is 4.02. The van der Waals surface area contributed by atoms with Crippen molar-refractivity contribution in [2.45, 2.75) is 19.9 Å². The first-order chi connectivity index (χ1) is 8.02. The van der Waals surface area contributed by atoms with Gasteiger partial charge in [-0.2, -0.15) is 0 Å². The second-order valence-corrected chi connectivity index (χ2v) is 4.61. The minimum Gasteiger partial charge on any atom is -0.347 e. The zero-order valence-corrected chi connectivity index (χ0v) is 10.9. The zero-order chi connectivity index (χ0) is 12.8. The molecule has 0 saturated carbocycles. The summed E-state index contributed by atoms with van der Waals surface area (Å²) in [6.07, 6.45) is 1.77. The molecule has 0 aliphatic heterocycles. The van der Waals surface area contributed by atoms with Gasteiger partial charge in [0.15, 0.2) is 0 Å². The van der Waals surface area contributed by atoms with Crippen LogP contribution in [0.5, 0.6) is 0 Å². The van der Waals surface area contributed by atoms with Crippen molar-refractivity contribution in [3.63, 3.8) is 0 Å². The summed E-state index contributed by atoms with van der Waals surface area (Å²) in [5, 5.41) is 0. The summed E-state index contributed by atoms with van der Waals surface area (Å²) in [4.78, 5) is 17.9. The summed E-state index contributed by atoms with van der Waals surface area (Å²) in [5.41, 5.74) is 1.02. The van der Waals surface area contributed by atoms with Crippen LogP contribution >= 0.6 is 0 Å². The van der Waals surface area contributed by atoms with Gasteiger partial charge in [-0.15, -0.1) is 0 Å². The van der Waals surface area contributed by atoms with Gasteiger partial charge in [-0.3, -0.25) is 9.79 Å². The number of likely N-dealkylation sites (N-methyl/N-ethyl adjacent to an activating group) is 1. The van der Waals surface area contributed by atoms with E-state index in [-0.39, 0.29) is 17.9 Å². The molecular formula is C14H20N2O. The molecule has 0 aromatic heterocycles. The highest BCUT2D eigenvalue weighted by Gasteiger charge is 2.21. The molecule has 0 heterocycles. The largest absolute Gasteiger partial charge is 0.347 e. The second-order valence-electron chi connectivity index (χ2n) is 4.61. The van der Waals surface area contributed by atoms with Gasteiger partial charge in [0.1, 0.15) is 6.04 Å². The molecule has 0 bridgehead atoms. The maximum Gasteiger partial charge on any atom is 0.247 e. The quantitative estimate of drug-likeness (QED) is 0.733. The fourth-order valence-electron chi connectivity index (χ4n) is 1.49. The molecule has 0 radical (unpaired) electrons. The highest BCUT2D eigenvalue weighted by Crippen LogP contribution is 2.09. The minimum absolute atomic E-state index is 0.0483. The first-order valence-electron chi connectivity index (χ1n) is 5.81. The predicted octanol–water partition coefficient (Wildman–Crippen LogP) is 2.22. The van der Waals surface area contributed by atoms with Gasteiger partial charge in [0, 0.05) is 20.3 Å². The van der Waals surface area contributed by atoms with Crippen molar-refractivity contribution in [3.8, 4) is 0 Å². The lowest BCUT2D eigenvalue weighted by Gasteiger charge is -2.19. The van der Waals surface area contributed by atoms with Gasteiger partial charge >= 0.3 is 0 Å². The molecule has 0 fully saturated rings. The van der Waals surface area contributed by atoms with E-state index in [0.717, 1.165) is 5.56 Å². The van der Waals surface area contributed by atoms with Crippen molar-refractivity contribution in [2.75, 3.05) is 14.1 Å². The van der Waals surface area contributed by atoms with E-state index in [1.807, 2.05) is 44.2 Å². The van der Waals surface area contributed by atoms with Crippen molar-refractivity contribution in [1.29, 1.82) is 0 Å². The van der Waals surface area contributed by atoms with Gasteiger partial charge in [0.25, 0.3) is 0 Å². The Bertz CT molecular complexity index is 382. The predicted molar refractivity (Wildman–Crippen MR) is 71.4 cm³/mol. The molecule has 1 rings (SSSR count). The van der Waals surface area contributed by atoms with Crippen LogP contribution in [0.25, 0.3) is 0 Å². The molecule has 1 atom stereocenters. The number of nitrogens with zero attached hydrogens (tertiary/aromatic N) is 2. The third-order valence-corrected chi connectivity index (χ3v) is 2.51. The Kier molecular flexibility index (Phi) is 4.88. The van der Waals surface area contributed by atoms with Crippen molar-refractivity contribution in [3.05, 3.63) is 35.9 Å². The topological polar surface area (TPSA) is 32.7 Å². The summed E-state index contributed by atoms with van der Waals surface area (Å²) >= 11 is 0. The van der Waals surface area contributed by atoms with Crippen LogP contribution in [0.3, 0.4) is 0 Å². The van der Waals surface area contributed by atoms with Gasteiger partial charge in [-0.25, -0.2) is 0 Å². The lowest BCUT2D eigenvalue weighted by Crippen LogP contribution is -2.35. The van der Waals surface area contributed by atoms with E-state index in [2.05, 4.69) is 4.99 Å². The summed E-state index contributed by atoms with van der Waals surface area (Å²) in [6, 6.07) is 9.52. The normalized spacial score (nSPS) is 13.0. The van der Waals surface area contributed by atoms with Crippen molar-refractivity contribution < 1.29 is 4.79 Å². The van der Waals surface area contributed by atoms with Crippen molar-refractivity contribution >= 4 is 12.1 Å². The monoisotopic (exact) mass is 232 g/mol. The van der Waals surface area contributed by atoms with Gasteiger partial charge in [-0.1, -0.05) is 44.2 Å². The van der Waals surface area contributed by atoms with E-state index in [4.69, 9.17) is 0 Å². The van der Waals surface area contributed by atoms with Crippen LogP contribution in [0.2, 0.25) is 0 Å². The second kappa shape index (κ2) is 6.18. The van der Waals surface area contributed by atoms with E-state index in [0.29, 0.717) is 0 Å². The van der Waals surface area contributed by atoms with Crippen molar-refractivity contribution in [1.82, 2.24) is 4.90 Å². The summed E-state index contributed by atoms with van der Waals surface area (Å²) in [6.45, 7) is 4.02. The Morgan fingerprint density at radius 3 is 2.29 bits per heavy atom. The Balaban J connectivity index is 2.81. The first-order valence-corrected chi connectivity index (χ1v) is 5.81. The number of hydrogen-bond acceptors (Lipinski definition) is 2. The number of amides is 1. The van der Waals surface area contributed by atoms with Crippen LogP contribution in [-0.2, 0) is 4.79 Å². The molecule has 1 aromatic rings. The Morgan fingerprint density at radius 1 is 1.24 bits per heavy atom. The molecule has 0 aliphatic rings. The lowest BCUT2D eigenvalue weighted by molar-refractivity contribution is -0.130. The number of carbonyl (C=O) groups is 1. The molecule has 0 spiro atoms. The summed E-state index contributed by atoms with van der Waals surface area (Å²) in [7, 11) is 3.52. The number of carbonyl (C=O) groups excluding carboxylic acids is 1. The van der Waals surface area contributed by atoms with E-state index in [1.165, 1.54) is 0 Å². The Hall–Kier alpha value is -1.64. The van der Waals surface area contributed by atoms with Gasteiger partial charge in [-0.05, 0) is 11.5 Å². The van der Waals surface area contributed by atoms with E-state index in [9.17, 15) is 4.79 Å². The molecule has 0 saturated heterocycles. The Labute approximate surface area is 103 Å².